The smallest absolute Gasteiger partial charge is 0.237 e. The zero-order valence-electron chi connectivity index (χ0n) is 9.71. The number of rotatable bonds is 4. The molecule has 16 heavy (non-hydrogen) atoms. The Morgan fingerprint density at radius 2 is 2.25 bits per heavy atom. The standard InChI is InChI=1S/C12H19ClN2O/c1-8(13)11(16)14-7-12-4-9(5-12)6-15(12)10-2-3-10/h8-10H,2-7H2,1H3,(H,14,16). The lowest BCUT2D eigenvalue weighted by Gasteiger charge is -2.43. The SMILES string of the molecule is CC(Cl)C(=O)NCC12CC(CN1C1CC1)C2. The van der Waals surface area contributed by atoms with Gasteiger partial charge in [-0.1, -0.05) is 0 Å². The summed E-state index contributed by atoms with van der Waals surface area (Å²) in [6.07, 6.45) is 5.27. The molecular formula is C12H19ClN2O. The first kappa shape index (κ1) is 10.8. The van der Waals surface area contributed by atoms with Crippen LogP contribution in [0.5, 0.6) is 0 Å². The van der Waals surface area contributed by atoms with Gasteiger partial charge in [0.2, 0.25) is 5.91 Å². The normalized spacial score (nSPS) is 39.2. The molecule has 0 aromatic heterocycles. The average molecular weight is 243 g/mol. The van der Waals surface area contributed by atoms with E-state index in [-0.39, 0.29) is 5.91 Å². The van der Waals surface area contributed by atoms with E-state index in [0.717, 1.165) is 18.5 Å². The van der Waals surface area contributed by atoms with Gasteiger partial charge in [0.05, 0.1) is 0 Å². The third-order valence-corrected chi connectivity index (χ3v) is 4.54. The lowest BCUT2D eigenvalue weighted by Crippen LogP contribution is -2.55. The molecule has 1 unspecified atom stereocenters. The number of halogens is 1. The fourth-order valence-electron chi connectivity index (χ4n) is 3.41. The van der Waals surface area contributed by atoms with Crippen LogP contribution < -0.4 is 5.32 Å². The van der Waals surface area contributed by atoms with Gasteiger partial charge >= 0.3 is 0 Å². The summed E-state index contributed by atoms with van der Waals surface area (Å²) in [5, 5.41) is 2.59. The van der Waals surface area contributed by atoms with Crippen LogP contribution in [0.25, 0.3) is 0 Å². The molecule has 4 heteroatoms. The Morgan fingerprint density at radius 1 is 1.56 bits per heavy atom. The Balaban J connectivity index is 1.59. The maximum atomic E-state index is 11.5. The van der Waals surface area contributed by atoms with Gasteiger partial charge in [-0.05, 0) is 38.5 Å². The van der Waals surface area contributed by atoms with Crippen LogP contribution in [0, 0.1) is 5.92 Å². The van der Waals surface area contributed by atoms with Crippen molar-refractivity contribution in [3.63, 3.8) is 0 Å². The summed E-state index contributed by atoms with van der Waals surface area (Å²) >= 11 is 5.76. The van der Waals surface area contributed by atoms with Gasteiger partial charge in [-0.25, -0.2) is 0 Å². The third kappa shape index (κ3) is 1.65. The zero-order chi connectivity index (χ0) is 11.3. The van der Waals surface area contributed by atoms with Crippen LogP contribution >= 0.6 is 11.6 Å². The fourth-order valence-corrected chi connectivity index (χ4v) is 3.49. The van der Waals surface area contributed by atoms with Crippen molar-refractivity contribution in [3.05, 3.63) is 0 Å². The molecule has 2 saturated carbocycles. The van der Waals surface area contributed by atoms with Crippen LogP contribution in [0.1, 0.15) is 32.6 Å². The molecule has 3 nitrogen and oxygen atoms in total. The minimum Gasteiger partial charge on any atom is -0.353 e. The molecule has 4 rings (SSSR count). The highest BCUT2D eigenvalue weighted by Crippen LogP contribution is 2.54. The lowest BCUT2D eigenvalue weighted by atomic mass is 9.73. The van der Waals surface area contributed by atoms with Crippen LogP contribution in [0.3, 0.4) is 0 Å². The fraction of sp³-hybridized carbons (Fsp3) is 0.917. The molecule has 90 valence electrons. The van der Waals surface area contributed by atoms with Gasteiger partial charge < -0.3 is 5.32 Å². The second-order valence-electron chi connectivity index (χ2n) is 5.72. The van der Waals surface area contributed by atoms with Crippen molar-refractivity contribution in [3.8, 4) is 0 Å². The summed E-state index contributed by atoms with van der Waals surface area (Å²) in [7, 11) is 0. The maximum Gasteiger partial charge on any atom is 0.237 e. The number of carbonyl (C=O) groups excluding carboxylic acids is 1. The number of alkyl halides is 1. The first-order valence-electron chi connectivity index (χ1n) is 6.29. The Morgan fingerprint density at radius 3 is 2.81 bits per heavy atom. The molecule has 2 heterocycles. The molecule has 0 aromatic rings. The van der Waals surface area contributed by atoms with Gasteiger partial charge in [0.15, 0.2) is 0 Å². The van der Waals surface area contributed by atoms with Crippen LogP contribution in [0.15, 0.2) is 0 Å². The Kier molecular flexibility index (Phi) is 2.44. The molecule has 2 aliphatic heterocycles. The average Bonchev–Trinajstić information content (AvgIpc) is 2.89. The summed E-state index contributed by atoms with van der Waals surface area (Å²) in [5.74, 6) is 0.869. The van der Waals surface area contributed by atoms with E-state index >= 15 is 0 Å². The predicted molar refractivity (Wildman–Crippen MR) is 63.5 cm³/mol. The van der Waals surface area contributed by atoms with Crippen LogP contribution in [-0.4, -0.2) is 40.9 Å². The van der Waals surface area contributed by atoms with Gasteiger partial charge in [-0.2, -0.15) is 0 Å². The van der Waals surface area contributed by atoms with Gasteiger partial charge in [0, 0.05) is 24.7 Å². The lowest BCUT2D eigenvalue weighted by molar-refractivity contribution is -0.121. The quantitative estimate of drug-likeness (QED) is 0.755. The van der Waals surface area contributed by atoms with E-state index in [1.54, 1.807) is 6.92 Å². The summed E-state index contributed by atoms with van der Waals surface area (Å²) in [6.45, 7) is 3.79. The van der Waals surface area contributed by atoms with Crippen LogP contribution in [0.4, 0.5) is 0 Å². The molecule has 0 aromatic carbocycles. The molecule has 1 N–H and O–H groups in total. The molecule has 0 spiro atoms. The van der Waals surface area contributed by atoms with Crippen molar-refractivity contribution in [1.29, 1.82) is 0 Å². The van der Waals surface area contributed by atoms with Gasteiger partial charge in [-0.15, -0.1) is 11.6 Å². The number of nitrogens with one attached hydrogen (secondary N) is 1. The van der Waals surface area contributed by atoms with E-state index in [1.165, 1.54) is 32.2 Å². The number of nitrogens with zero attached hydrogens (tertiary/aromatic N) is 1. The predicted octanol–water partition coefficient (Wildman–Crippen LogP) is 1.36. The molecule has 1 atom stereocenters. The number of carbonyl (C=O) groups is 1. The molecule has 2 bridgehead atoms. The first-order chi connectivity index (χ1) is 7.61. The molecule has 4 fully saturated rings. The summed E-state index contributed by atoms with van der Waals surface area (Å²) in [4.78, 5) is 14.1. The highest BCUT2D eigenvalue weighted by molar-refractivity contribution is 6.30. The third-order valence-electron chi connectivity index (χ3n) is 4.34. The van der Waals surface area contributed by atoms with E-state index in [0.29, 0.717) is 5.54 Å². The highest BCUT2D eigenvalue weighted by Gasteiger charge is 2.59. The van der Waals surface area contributed by atoms with Crippen molar-refractivity contribution >= 4 is 17.5 Å². The van der Waals surface area contributed by atoms with E-state index in [9.17, 15) is 4.79 Å². The summed E-state index contributed by atoms with van der Waals surface area (Å²) < 4.78 is 0. The monoisotopic (exact) mass is 242 g/mol. The molecule has 2 aliphatic carbocycles. The zero-order valence-corrected chi connectivity index (χ0v) is 10.5. The summed E-state index contributed by atoms with van der Waals surface area (Å²) in [6, 6.07) is 0.817. The number of hydrogen-bond donors (Lipinski definition) is 1. The van der Waals surface area contributed by atoms with E-state index in [2.05, 4.69) is 10.2 Å². The maximum absolute atomic E-state index is 11.5. The Labute approximate surface area is 102 Å². The van der Waals surface area contributed by atoms with Gasteiger partial charge in [0.25, 0.3) is 0 Å². The Bertz CT molecular complexity index is 308. The van der Waals surface area contributed by atoms with Crippen LogP contribution in [0.2, 0.25) is 0 Å². The largest absolute Gasteiger partial charge is 0.353 e. The molecule has 2 saturated heterocycles. The minimum atomic E-state index is -0.414. The van der Waals surface area contributed by atoms with Crippen LogP contribution in [-0.2, 0) is 4.79 Å². The second-order valence-corrected chi connectivity index (χ2v) is 6.37. The minimum absolute atomic E-state index is 0.0258. The summed E-state index contributed by atoms with van der Waals surface area (Å²) in [5.41, 5.74) is 0.299. The molecule has 0 radical (unpaired) electrons. The molecular weight excluding hydrogens is 224 g/mol. The Hall–Kier alpha value is -0.280. The highest BCUT2D eigenvalue weighted by atomic mass is 35.5. The van der Waals surface area contributed by atoms with Crippen molar-refractivity contribution in [2.45, 2.75) is 49.6 Å². The van der Waals surface area contributed by atoms with Gasteiger partial charge in [0.1, 0.15) is 5.38 Å². The van der Waals surface area contributed by atoms with Gasteiger partial charge in [-0.3, -0.25) is 9.69 Å². The van der Waals surface area contributed by atoms with Crippen molar-refractivity contribution < 1.29 is 4.79 Å². The van der Waals surface area contributed by atoms with E-state index < -0.39 is 5.38 Å². The molecule has 1 amide bonds. The van der Waals surface area contributed by atoms with E-state index in [1.807, 2.05) is 0 Å². The molecule has 4 aliphatic rings. The van der Waals surface area contributed by atoms with E-state index in [4.69, 9.17) is 11.6 Å². The van der Waals surface area contributed by atoms with Crippen molar-refractivity contribution in [1.82, 2.24) is 10.2 Å². The number of fused-ring (bicyclic) bond motifs is 1. The first-order valence-corrected chi connectivity index (χ1v) is 6.73. The topological polar surface area (TPSA) is 32.3 Å². The second kappa shape index (κ2) is 3.61. The van der Waals surface area contributed by atoms with Crippen molar-refractivity contribution in [2.24, 2.45) is 5.92 Å². The number of amides is 1. The van der Waals surface area contributed by atoms with Crippen molar-refractivity contribution in [2.75, 3.05) is 13.1 Å². The number of hydrogen-bond acceptors (Lipinski definition) is 2.